The second-order valence-corrected chi connectivity index (χ2v) is 5.14. The zero-order chi connectivity index (χ0) is 11.5. The minimum absolute atomic E-state index is 0.577. The van der Waals surface area contributed by atoms with Crippen molar-refractivity contribution in [2.24, 2.45) is 0 Å². The Balaban J connectivity index is 2.08. The van der Waals surface area contributed by atoms with Crippen LogP contribution in [0.3, 0.4) is 0 Å². The molecule has 0 aromatic carbocycles. The van der Waals surface area contributed by atoms with Crippen molar-refractivity contribution in [1.82, 2.24) is 14.7 Å². The molecular weight excluding hydrogens is 218 g/mol. The largest absolute Gasteiger partial charge is 0.309 e. The van der Waals surface area contributed by atoms with Crippen molar-refractivity contribution in [2.75, 3.05) is 0 Å². The molecule has 0 aliphatic rings. The van der Waals surface area contributed by atoms with Gasteiger partial charge in [-0.1, -0.05) is 13.3 Å². The highest BCUT2D eigenvalue weighted by Crippen LogP contribution is 2.16. The summed E-state index contributed by atoms with van der Waals surface area (Å²) in [5, 5.41) is 5.64. The maximum Gasteiger partial charge on any atom is 0.194 e. The number of hydrogen-bond acceptors (Lipinski definition) is 3. The van der Waals surface area contributed by atoms with Crippen LogP contribution in [0.15, 0.2) is 11.6 Å². The van der Waals surface area contributed by atoms with E-state index in [0.717, 1.165) is 17.2 Å². The van der Waals surface area contributed by atoms with Crippen LogP contribution in [0.25, 0.3) is 4.96 Å². The van der Waals surface area contributed by atoms with Gasteiger partial charge in [0.15, 0.2) is 4.96 Å². The first-order valence-corrected chi connectivity index (χ1v) is 6.74. The lowest BCUT2D eigenvalue weighted by atomic mass is 10.2. The fraction of sp³-hybridized carbons (Fsp3) is 0.583. The lowest BCUT2D eigenvalue weighted by molar-refractivity contribution is 0.502. The van der Waals surface area contributed by atoms with E-state index in [1.54, 1.807) is 11.3 Å². The number of nitrogens with one attached hydrogen (secondary N) is 1. The average Bonchev–Trinajstić information content (AvgIpc) is 2.76. The van der Waals surface area contributed by atoms with Gasteiger partial charge in [0.25, 0.3) is 0 Å². The Labute approximate surface area is 101 Å². The predicted octanol–water partition coefficient (Wildman–Crippen LogP) is 2.98. The fourth-order valence-corrected chi connectivity index (χ4v) is 2.74. The second-order valence-electron chi connectivity index (χ2n) is 4.27. The van der Waals surface area contributed by atoms with E-state index < -0.39 is 0 Å². The van der Waals surface area contributed by atoms with Gasteiger partial charge in [0, 0.05) is 24.2 Å². The lowest BCUT2D eigenvalue weighted by Gasteiger charge is -2.12. The zero-order valence-electron chi connectivity index (χ0n) is 10.2. The Morgan fingerprint density at radius 2 is 2.38 bits per heavy atom. The Morgan fingerprint density at radius 3 is 3.12 bits per heavy atom. The van der Waals surface area contributed by atoms with Gasteiger partial charge < -0.3 is 5.32 Å². The van der Waals surface area contributed by atoms with Gasteiger partial charge in [-0.15, -0.1) is 11.3 Å². The molecule has 0 radical (unpaired) electrons. The highest BCUT2D eigenvalue weighted by Gasteiger charge is 2.09. The van der Waals surface area contributed by atoms with Crippen molar-refractivity contribution in [3.63, 3.8) is 0 Å². The van der Waals surface area contributed by atoms with Crippen molar-refractivity contribution in [2.45, 2.75) is 46.2 Å². The van der Waals surface area contributed by atoms with Crippen molar-refractivity contribution < 1.29 is 0 Å². The van der Waals surface area contributed by atoms with E-state index in [1.807, 2.05) is 0 Å². The standard InChI is InChI=1S/C12H19N3S/c1-4-5-9(2)13-8-11-10(3)14-12-15(11)6-7-16-12/h6-7,9,13H,4-5,8H2,1-3H3. The zero-order valence-corrected chi connectivity index (χ0v) is 11.0. The maximum absolute atomic E-state index is 4.54. The van der Waals surface area contributed by atoms with Crippen LogP contribution in [0.4, 0.5) is 0 Å². The summed E-state index contributed by atoms with van der Waals surface area (Å²) in [6.07, 6.45) is 4.56. The third-order valence-corrected chi connectivity index (χ3v) is 3.66. The van der Waals surface area contributed by atoms with E-state index in [1.165, 1.54) is 18.5 Å². The van der Waals surface area contributed by atoms with E-state index in [4.69, 9.17) is 0 Å². The number of hydrogen-bond donors (Lipinski definition) is 1. The monoisotopic (exact) mass is 237 g/mol. The molecule has 0 bridgehead atoms. The second kappa shape index (κ2) is 4.97. The van der Waals surface area contributed by atoms with Crippen molar-refractivity contribution >= 4 is 16.3 Å². The van der Waals surface area contributed by atoms with Crippen LogP contribution in [-0.4, -0.2) is 15.4 Å². The first-order chi connectivity index (χ1) is 7.72. The fourth-order valence-electron chi connectivity index (χ4n) is 1.96. The number of fused-ring (bicyclic) bond motifs is 1. The molecule has 0 fully saturated rings. The summed E-state index contributed by atoms with van der Waals surface area (Å²) in [4.78, 5) is 5.63. The highest BCUT2D eigenvalue weighted by atomic mass is 32.1. The molecule has 2 aromatic rings. The number of thiazole rings is 1. The summed E-state index contributed by atoms with van der Waals surface area (Å²) < 4.78 is 2.19. The normalized spacial score (nSPS) is 13.4. The summed E-state index contributed by atoms with van der Waals surface area (Å²) >= 11 is 1.69. The molecule has 3 nitrogen and oxygen atoms in total. The topological polar surface area (TPSA) is 29.3 Å². The molecule has 0 spiro atoms. The van der Waals surface area contributed by atoms with Gasteiger partial charge in [0.2, 0.25) is 0 Å². The number of imidazole rings is 1. The molecule has 0 amide bonds. The first kappa shape index (κ1) is 11.6. The Bertz CT molecular complexity index is 458. The summed E-state index contributed by atoms with van der Waals surface area (Å²) in [5.41, 5.74) is 2.43. The SMILES string of the molecule is CCCC(C)NCc1c(C)nc2sccn12. The average molecular weight is 237 g/mol. The van der Waals surface area contributed by atoms with Crippen LogP contribution >= 0.6 is 11.3 Å². The molecule has 2 aromatic heterocycles. The third kappa shape index (κ3) is 2.28. The number of aryl methyl sites for hydroxylation is 1. The molecule has 2 heterocycles. The molecule has 0 aliphatic carbocycles. The number of aromatic nitrogens is 2. The van der Waals surface area contributed by atoms with E-state index in [-0.39, 0.29) is 0 Å². The van der Waals surface area contributed by atoms with Crippen molar-refractivity contribution in [3.05, 3.63) is 23.0 Å². The predicted molar refractivity (Wildman–Crippen MR) is 69.0 cm³/mol. The van der Waals surface area contributed by atoms with Crippen LogP contribution in [0.1, 0.15) is 38.1 Å². The van der Waals surface area contributed by atoms with Crippen LogP contribution in [0.5, 0.6) is 0 Å². The van der Waals surface area contributed by atoms with E-state index in [0.29, 0.717) is 6.04 Å². The minimum Gasteiger partial charge on any atom is -0.309 e. The maximum atomic E-state index is 4.54. The Morgan fingerprint density at radius 1 is 1.56 bits per heavy atom. The van der Waals surface area contributed by atoms with Gasteiger partial charge in [-0.3, -0.25) is 4.40 Å². The van der Waals surface area contributed by atoms with Crippen LogP contribution in [-0.2, 0) is 6.54 Å². The molecule has 1 unspecified atom stereocenters. The number of nitrogens with zero attached hydrogens (tertiary/aromatic N) is 2. The van der Waals surface area contributed by atoms with Crippen LogP contribution in [0, 0.1) is 6.92 Å². The van der Waals surface area contributed by atoms with Gasteiger partial charge in [-0.25, -0.2) is 4.98 Å². The van der Waals surface area contributed by atoms with E-state index >= 15 is 0 Å². The smallest absolute Gasteiger partial charge is 0.194 e. The molecule has 4 heteroatoms. The minimum atomic E-state index is 0.577. The number of rotatable bonds is 5. The molecule has 16 heavy (non-hydrogen) atoms. The molecule has 0 saturated carbocycles. The Kier molecular flexibility index (Phi) is 3.61. The van der Waals surface area contributed by atoms with Crippen molar-refractivity contribution in [1.29, 1.82) is 0 Å². The summed E-state index contributed by atoms with van der Waals surface area (Å²) in [5.74, 6) is 0. The molecule has 2 rings (SSSR count). The van der Waals surface area contributed by atoms with E-state index in [2.05, 4.69) is 47.0 Å². The molecule has 0 saturated heterocycles. The van der Waals surface area contributed by atoms with Gasteiger partial charge in [0.1, 0.15) is 0 Å². The van der Waals surface area contributed by atoms with Gasteiger partial charge in [-0.2, -0.15) is 0 Å². The summed E-state index contributed by atoms with van der Waals surface area (Å²) in [6, 6.07) is 0.577. The summed E-state index contributed by atoms with van der Waals surface area (Å²) in [6.45, 7) is 7.45. The summed E-state index contributed by atoms with van der Waals surface area (Å²) in [7, 11) is 0. The van der Waals surface area contributed by atoms with Gasteiger partial charge in [0.05, 0.1) is 11.4 Å². The molecular formula is C12H19N3S. The molecule has 88 valence electrons. The van der Waals surface area contributed by atoms with Gasteiger partial charge in [-0.05, 0) is 20.3 Å². The van der Waals surface area contributed by atoms with E-state index in [9.17, 15) is 0 Å². The lowest BCUT2D eigenvalue weighted by Crippen LogP contribution is -2.26. The van der Waals surface area contributed by atoms with Crippen LogP contribution < -0.4 is 5.32 Å². The molecule has 1 N–H and O–H groups in total. The van der Waals surface area contributed by atoms with Gasteiger partial charge >= 0.3 is 0 Å². The van der Waals surface area contributed by atoms with Crippen LogP contribution in [0.2, 0.25) is 0 Å². The highest BCUT2D eigenvalue weighted by molar-refractivity contribution is 7.15. The Hall–Kier alpha value is -0.870. The third-order valence-electron chi connectivity index (χ3n) is 2.90. The molecule has 0 aliphatic heterocycles. The van der Waals surface area contributed by atoms with Crippen molar-refractivity contribution in [3.8, 4) is 0 Å². The molecule has 1 atom stereocenters. The first-order valence-electron chi connectivity index (χ1n) is 5.86. The quantitative estimate of drug-likeness (QED) is 0.866.